The summed E-state index contributed by atoms with van der Waals surface area (Å²) in [5.74, 6) is 1.63. The summed E-state index contributed by atoms with van der Waals surface area (Å²) >= 11 is 0. The lowest BCUT2D eigenvalue weighted by Gasteiger charge is -2.35. The number of ether oxygens (including phenoxy) is 1. The molecule has 0 amide bonds. The van der Waals surface area contributed by atoms with Crippen LogP contribution in [-0.4, -0.2) is 48.4 Å². The third-order valence-electron chi connectivity index (χ3n) is 4.71. The predicted octanol–water partition coefficient (Wildman–Crippen LogP) is 3.21. The van der Waals surface area contributed by atoms with Gasteiger partial charge in [0.15, 0.2) is 0 Å². The van der Waals surface area contributed by atoms with Crippen LogP contribution in [0.3, 0.4) is 0 Å². The lowest BCUT2D eigenvalue weighted by atomic mass is 10.2. The van der Waals surface area contributed by atoms with Gasteiger partial charge in [-0.2, -0.15) is 0 Å². The molecule has 1 aromatic heterocycles. The molecule has 4 rings (SSSR count). The van der Waals surface area contributed by atoms with Crippen molar-refractivity contribution in [3.05, 3.63) is 60.2 Å². The van der Waals surface area contributed by atoms with Gasteiger partial charge in [0.1, 0.15) is 11.6 Å². The van der Waals surface area contributed by atoms with Crippen LogP contribution in [0.25, 0.3) is 11.5 Å². The first-order valence-electron chi connectivity index (χ1n) is 8.91. The van der Waals surface area contributed by atoms with E-state index in [2.05, 4.69) is 20.0 Å². The third kappa shape index (κ3) is 3.93. The summed E-state index contributed by atoms with van der Waals surface area (Å²) < 4.78 is 25.0. The van der Waals surface area contributed by atoms with E-state index in [1.165, 1.54) is 6.07 Å². The number of halogens is 1. The number of anilines is 1. The number of nitrogens with zero attached hydrogens (tertiary/aromatic N) is 4. The lowest BCUT2D eigenvalue weighted by Crippen LogP contribution is -2.46. The zero-order valence-electron chi connectivity index (χ0n) is 15.1. The Morgan fingerprint density at radius 1 is 1.04 bits per heavy atom. The molecule has 0 N–H and O–H groups in total. The van der Waals surface area contributed by atoms with Gasteiger partial charge < -0.3 is 14.1 Å². The van der Waals surface area contributed by atoms with Gasteiger partial charge in [-0.25, -0.2) is 4.39 Å². The van der Waals surface area contributed by atoms with E-state index in [-0.39, 0.29) is 5.82 Å². The van der Waals surface area contributed by atoms with E-state index < -0.39 is 0 Å². The predicted molar refractivity (Wildman–Crippen MR) is 100 cm³/mol. The van der Waals surface area contributed by atoms with E-state index in [1.807, 2.05) is 36.4 Å². The van der Waals surface area contributed by atoms with Crippen molar-refractivity contribution in [1.82, 2.24) is 15.1 Å². The smallest absolute Gasteiger partial charge is 0.247 e. The van der Waals surface area contributed by atoms with Crippen LogP contribution in [0.2, 0.25) is 0 Å². The second kappa shape index (κ2) is 7.75. The van der Waals surface area contributed by atoms with Crippen molar-refractivity contribution < 1.29 is 13.5 Å². The number of benzene rings is 2. The molecule has 0 spiro atoms. The molecule has 2 aromatic carbocycles. The number of para-hydroxylation sites is 1. The van der Waals surface area contributed by atoms with Gasteiger partial charge in [-0.15, -0.1) is 10.2 Å². The Balaban J connectivity index is 1.37. The van der Waals surface area contributed by atoms with E-state index in [9.17, 15) is 4.39 Å². The Morgan fingerprint density at radius 2 is 1.85 bits per heavy atom. The normalized spacial score (nSPS) is 15.1. The Hall–Kier alpha value is -2.93. The maximum absolute atomic E-state index is 13.9. The van der Waals surface area contributed by atoms with E-state index >= 15 is 0 Å². The van der Waals surface area contributed by atoms with Crippen LogP contribution in [0, 0.1) is 5.82 Å². The average Bonchev–Trinajstić information content (AvgIpc) is 3.18. The highest BCUT2D eigenvalue weighted by molar-refractivity contribution is 5.55. The molecular weight excluding hydrogens is 347 g/mol. The zero-order valence-corrected chi connectivity index (χ0v) is 15.1. The summed E-state index contributed by atoms with van der Waals surface area (Å²) in [5.41, 5.74) is 1.49. The summed E-state index contributed by atoms with van der Waals surface area (Å²) in [6, 6.07) is 14.4. The first-order valence-corrected chi connectivity index (χ1v) is 8.91. The summed E-state index contributed by atoms with van der Waals surface area (Å²) in [5, 5.41) is 8.30. The van der Waals surface area contributed by atoms with Crippen molar-refractivity contribution in [2.75, 3.05) is 38.2 Å². The first-order chi connectivity index (χ1) is 13.2. The summed E-state index contributed by atoms with van der Waals surface area (Å²) in [6.07, 6.45) is 0. The molecule has 1 fully saturated rings. The van der Waals surface area contributed by atoms with Crippen molar-refractivity contribution in [1.29, 1.82) is 0 Å². The summed E-state index contributed by atoms with van der Waals surface area (Å²) in [4.78, 5) is 4.31. The molecule has 140 valence electrons. The maximum Gasteiger partial charge on any atom is 0.247 e. The van der Waals surface area contributed by atoms with Crippen molar-refractivity contribution in [3.8, 4) is 17.2 Å². The van der Waals surface area contributed by atoms with Crippen LogP contribution in [0.4, 0.5) is 10.1 Å². The number of piperazine rings is 1. The Bertz CT molecular complexity index is 906. The molecule has 0 aliphatic carbocycles. The first kappa shape index (κ1) is 17.5. The van der Waals surface area contributed by atoms with Gasteiger partial charge in [0, 0.05) is 31.7 Å². The highest BCUT2D eigenvalue weighted by atomic mass is 19.1. The summed E-state index contributed by atoms with van der Waals surface area (Å²) in [7, 11) is 1.62. The molecule has 0 unspecified atom stereocenters. The van der Waals surface area contributed by atoms with Crippen LogP contribution >= 0.6 is 0 Å². The quantitative estimate of drug-likeness (QED) is 0.689. The van der Waals surface area contributed by atoms with Crippen molar-refractivity contribution in [3.63, 3.8) is 0 Å². The second-order valence-electron chi connectivity index (χ2n) is 6.45. The molecular formula is C20H21FN4O2. The molecule has 0 saturated carbocycles. The van der Waals surface area contributed by atoms with Crippen LogP contribution < -0.4 is 9.64 Å². The molecule has 1 saturated heterocycles. The highest BCUT2D eigenvalue weighted by Gasteiger charge is 2.21. The van der Waals surface area contributed by atoms with Gasteiger partial charge in [-0.3, -0.25) is 4.90 Å². The topological polar surface area (TPSA) is 54.6 Å². The summed E-state index contributed by atoms with van der Waals surface area (Å²) in [6.45, 7) is 3.73. The number of hydrogen-bond donors (Lipinski definition) is 0. The second-order valence-corrected chi connectivity index (χ2v) is 6.45. The number of methoxy groups -OCH3 is 1. The zero-order chi connectivity index (χ0) is 18.6. The molecule has 27 heavy (non-hydrogen) atoms. The van der Waals surface area contributed by atoms with Gasteiger partial charge >= 0.3 is 0 Å². The molecule has 0 bridgehead atoms. The highest BCUT2D eigenvalue weighted by Crippen LogP contribution is 2.24. The van der Waals surface area contributed by atoms with Gasteiger partial charge in [0.25, 0.3) is 0 Å². The molecule has 1 aliphatic heterocycles. The van der Waals surface area contributed by atoms with Gasteiger partial charge in [0.2, 0.25) is 11.8 Å². The van der Waals surface area contributed by atoms with Crippen LogP contribution in [0.1, 0.15) is 5.89 Å². The van der Waals surface area contributed by atoms with E-state index in [4.69, 9.17) is 9.15 Å². The molecule has 0 atom stereocenters. The molecule has 3 aromatic rings. The van der Waals surface area contributed by atoms with Crippen molar-refractivity contribution >= 4 is 5.69 Å². The van der Waals surface area contributed by atoms with E-state index in [1.54, 1.807) is 13.2 Å². The maximum atomic E-state index is 13.9. The van der Waals surface area contributed by atoms with E-state index in [0.717, 1.165) is 37.5 Å². The number of rotatable bonds is 5. The average molecular weight is 368 g/mol. The van der Waals surface area contributed by atoms with Crippen molar-refractivity contribution in [2.24, 2.45) is 0 Å². The molecule has 7 heteroatoms. The minimum atomic E-state index is -0.175. The number of hydrogen-bond acceptors (Lipinski definition) is 6. The van der Waals surface area contributed by atoms with Gasteiger partial charge in [0.05, 0.1) is 19.3 Å². The largest absolute Gasteiger partial charge is 0.497 e. The molecule has 0 radical (unpaired) electrons. The molecule has 1 aliphatic rings. The molecule has 2 heterocycles. The minimum absolute atomic E-state index is 0.175. The van der Waals surface area contributed by atoms with Crippen LogP contribution in [-0.2, 0) is 6.54 Å². The van der Waals surface area contributed by atoms with E-state index in [0.29, 0.717) is 24.0 Å². The van der Waals surface area contributed by atoms with Gasteiger partial charge in [-0.05, 0) is 30.3 Å². The molecule has 6 nitrogen and oxygen atoms in total. The Labute approximate surface area is 157 Å². The fourth-order valence-corrected chi connectivity index (χ4v) is 3.24. The lowest BCUT2D eigenvalue weighted by molar-refractivity contribution is 0.226. The number of aromatic nitrogens is 2. The Morgan fingerprint density at radius 3 is 2.63 bits per heavy atom. The third-order valence-corrected chi connectivity index (χ3v) is 4.71. The van der Waals surface area contributed by atoms with Crippen LogP contribution in [0.15, 0.2) is 52.9 Å². The SMILES string of the molecule is COc1cccc(-c2nnc(CN3CCN(c4ccccc4F)CC3)o2)c1. The Kier molecular flexibility index (Phi) is 5.02. The van der Waals surface area contributed by atoms with Crippen molar-refractivity contribution in [2.45, 2.75) is 6.54 Å². The fraction of sp³-hybridized carbons (Fsp3) is 0.300. The fourth-order valence-electron chi connectivity index (χ4n) is 3.24. The van der Waals surface area contributed by atoms with Crippen LogP contribution in [0.5, 0.6) is 5.75 Å². The monoisotopic (exact) mass is 368 g/mol. The standard InChI is InChI=1S/C20H21FN4O2/c1-26-16-6-4-5-15(13-16)20-23-22-19(27-20)14-24-9-11-25(12-10-24)18-8-3-2-7-17(18)21/h2-8,13H,9-12,14H2,1H3. The minimum Gasteiger partial charge on any atom is -0.497 e. The van der Waals surface area contributed by atoms with Gasteiger partial charge in [-0.1, -0.05) is 18.2 Å².